The minimum absolute atomic E-state index is 0. The van der Waals surface area contributed by atoms with E-state index in [1.54, 1.807) is 0 Å². The lowest BCUT2D eigenvalue weighted by atomic mass is 9.75. The molecule has 142 valence electrons. The highest BCUT2D eigenvalue weighted by molar-refractivity contribution is 5.94. The van der Waals surface area contributed by atoms with E-state index in [4.69, 9.17) is 0 Å². The van der Waals surface area contributed by atoms with Crippen LogP contribution in [0.2, 0.25) is 0 Å². The number of carbonyl (C=O) groups is 1. The van der Waals surface area contributed by atoms with Crippen molar-refractivity contribution < 1.29 is 4.79 Å². The van der Waals surface area contributed by atoms with Gasteiger partial charge in [-0.1, -0.05) is 25.8 Å². The van der Waals surface area contributed by atoms with Crippen molar-refractivity contribution in [2.75, 3.05) is 20.6 Å². The number of amides is 1. The molecule has 0 radical (unpaired) electrons. The molecule has 25 heavy (non-hydrogen) atoms. The molecule has 0 aromatic heterocycles. The van der Waals surface area contributed by atoms with Gasteiger partial charge in [0.1, 0.15) is 0 Å². The van der Waals surface area contributed by atoms with Crippen molar-refractivity contribution in [2.24, 2.45) is 5.92 Å². The second-order valence-corrected chi connectivity index (χ2v) is 7.59. The molecular weight excluding hydrogens is 357 g/mol. The molecule has 2 unspecified atom stereocenters. The van der Waals surface area contributed by atoms with Crippen molar-refractivity contribution >= 4 is 30.7 Å². The number of likely N-dealkylation sites (N-methyl/N-ethyl adjacent to an activating group) is 1. The predicted octanol–water partition coefficient (Wildman–Crippen LogP) is 3.37. The molecule has 1 aliphatic carbocycles. The van der Waals surface area contributed by atoms with Crippen LogP contribution in [-0.4, -0.2) is 37.0 Å². The third kappa shape index (κ3) is 4.88. The molecule has 2 aliphatic rings. The Hall–Kier alpha value is -0.810. The highest BCUT2D eigenvalue weighted by Gasteiger charge is 2.37. The second kappa shape index (κ2) is 9.22. The Morgan fingerprint density at radius 1 is 1.28 bits per heavy atom. The minimum atomic E-state index is 0. The lowest BCUT2D eigenvalue weighted by Gasteiger charge is -2.45. The van der Waals surface area contributed by atoms with Gasteiger partial charge in [0.05, 0.1) is 0 Å². The Balaban J connectivity index is 0.00000156. The Kier molecular flexibility index (Phi) is 8.20. The van der Waals surface area contributed by atoms with Gasteiger partial charge in [0, 0.05) is 30.7 Å². The number of fused-ring (bicyclic) bond motifs is 1. The number of nitrogens with zero attached hydrogens (tertiary/aromatic N) is 1. The predicted molar refractivity (Wildman–Crippen MR) is 108 cm³/mol. The van der Waals surface area contributed by atoms with Crippen LogP contribution < -0.4 is 10.6 Å². The molecule has 4 nitrogen and oxygen atoms in total. The summed E-state index contributed by atoms with van der Waals surface area (Å²) in [5, 5.41) is 6.53. The van der Waals surface area contributed by atoms with Crippen LogP contribution in [0.3, 0.4) is 0 Å². The van der Waals surface area contributed by atoms with E-state index < -0.39 is 0 Å². The standard InChI is InChI=1S/C19H29N3O.2ClH/c1-14-5-4-8-19(10-14,22(2)3)13-21-18(23)15-6-7-16-11-20-12-17(16)9-15;;/h6-7,9,14,20H,4-5,8,10-13H2,1-3H3,(H,21,23);2*1H. The maximum absolute atomic E-state index is 12.6. The average Bonchev–Trinajstić information content (AvgIpc) is 3.00. The van der Waals surface area contributed by atoms with Gasteiger partial charge in [0.15, 0.2) is 0 Å². The van der Waals surface area contributed by atoms with E-state index in [-0.39, 0.29) is 36.3 Å². The lowest BCUT2D eigenvalue weighted by Crippen LogP contribution is -2.55. The van der Waals surface area contributed by atoms with Crippen molar-refractivity contribution in [3.63, 3.8) is 0 Å². The topological polar surface area (TPSA) is 44.4 Å². The molecule has 1 aliphatic heterocycles. The van der Waals surface area contributed by atoms with E-state index in [0.29, 0.717) is 0 Å². The van der Waals surface area contributed by atoms with E-state index in [1.807, 2.05) is 12.1 Å². The average molecular weight is 388 g/mol. The zero-order valence-electron chi connectivity index (χ0n) is 15.4. The number of benzene rings is 1. The highest BCUT2D eigenvalue weighted by atomic mass is 35.5. The fraction of sp³-hybridized carbons (Fsp3) is 0.632. The van der Waals surface area contributed by atoms with Crippen molar-refractivity contribution in [1.82, 2.24) is 15.5 Å². The third-order valence-electron chi connectivity index (χ3n) is 5.69. The summed E-state index contributed by atoms with van der Waals surface area (Å²) in [5.41, 5.74) is 3.45. The Labute approximate surface area is 163 Å². The van der Waals surface area contributed by atoms with Crippen molar-refractivity contribution in [3.8, 4) is 0 Å². The molecule has 1 aromatic carbocycles. The molecule has 1 heterocycles. The van der Waals surface area contributed by atoms with E-state index in [2.05, 4.69) is 42.6 Å². The van der Waals surface area contributed by atoms with Gasteiger partial charge in [-0.25, -0.2) is 0 Å². The summed E-state index contributed by atoms with van der Waals surface area (Å²) in [7, 11) is 4.29. The fourth-order valence-electron chi connectivity index (χ4n) is 4.14. The number of hydrogen-bond donors (Lipinski definition) is 2. The maximum atomic E-state index is 12.6. The molecule has 0 saturated heterocycles. The lowest BCUT2D eigenvalue weighted by molar-refractivity contribution is 0.0675. The Morgan fingerprint density at radius 3 is 2.68 bits per heavy atom. The smallest absolute Gasteiger partial charge is 0.251 e. The maximum Gasteiger partial charge on any atom is 0.251 e. The zero-order chi connectivity index (χ0) is 16.4. The number of rotatable bonds is 4. The van der Waals surface area contributed by atoms with Crippen LogP contribution in [0.15, 0.2) is 18.2 Å². The summed E-state index contributed by atoms with van der Waals surface area (Å²) in [6, 6.07) is 6.07. The second-order valence-electron chi connectivity index (χ2n) is 7.59. The molecule has 1 aromatic rings. The minimum Gasteiger partial charge on any atom is -0.350 e. The first-order valence-electron chi connectivity index (χ1n) is 8.78. The van der Waals surface area contributed by atoms with Crippen LogP contribution in [0.25, 0.3) is 0 Å². The molecule has 0 bridgehead atoms. The first-order chi connectivity index (χ1) is 11.0. The SMILES string of the molecule is CC1CCCC(CNC(=O)c2ccc3c(c2)CNC3)(N(C)C)C1.Cl.Cl. The molecule has 1 fully saturated rings. The van der Waals surface area contributed by atoms with Crippen molar-refractivity contribution in [2.45, 2.75) is 51.2 Å². The summed E-state index contributed by atoms with van der Waals surface area (Å²) < 4.78 is 0. The van der Waals surface area contributed by atoms with Gasteiger partial charge in [-0.2, -0.15) is 0 Å². The van der Waals surface area contributed by atoms with Crippen LogP contribution in [0, 0.1) is 5.92 Å². The number of nitrogens with one attached hydrogen (secondary N) is 2. The van der Waals surface area contributed by atoms with Gasteiger partial charge in [-0.3, -0.25) is 4.79 Å². The molecule has 2 atom stereocenters. The van der Waals surface area contributed by atoms with Crippen LogP contribution in [0.5, 0.6) is 0 Å². The van der Waals surface area contributed by atoms with E-state index >= 15 is 0 Å². The Bertz CT molecular complexity index is 594. The van der Waals surface area contributed by atoms with E-state index in [9.17, 15) is 4.79 Å². The fourth-order valence-corrected chi connectivity index (χ4v) is 4.14. The van der Waals surface area contributed by atoms with Crippen molar-refractivity contribution in [1.29, 1.82) is 0 Å². The summed E-state index contributed by atoms with van der Waals surface area (Å²) in [5.74, 6) is 0.785. The molecular formula is C19H31Cl2N3O. The van der Waals surface area contributed by atoms with E-state index in [0.717, 1.165) is 37.5 Å². The molecule has 3 rings (SSSR count). The van der Waals surface area contributed by atoms with Crippen LogP contribution in [-0.2, 0) is 13.1 Å². The molecule has 1 saturated carbocycles. The van der Waals surface area contributed by atoms with Gasteiger partial charge in [-0.05, 0) is 56.1 Å². The molecule has 6 heteroatoms. The van der Waals surface area contributed by atoms with Gasteiger partial charge in [-0.15, -0.1) is 24.8 Å². The largest absolute Gasteiger partial charge is 0.350 e. The summed E-state index contributed by atoms with van der Waals surface area (Å²) in [6.07, 6.45) is 4.88. The molecule has 1 amide bonds. The quantitative estimate of drug-likeness (QED) is 0.831. The number of carbonyl (C=O) groups excluding carboxylic acids is 1. The van der Waals surface area contributed by atoms with Crippen LogP contribution in [0.4, 0.5) is 0 Å². The highest BCUT2D eigenvalue weighted by Crippen LogP contribution is 2.35. The van der Waals surface area contributed by atoms with Crippen LogP contribution in [0.1, 0.15) is 54.1 Å². The first-order valence-corrected chi connectivity index (χ1v) is 8.78. The Morgan fingerprint density at radius 2 is 2.00 bits per heavy atom. The van der Waals surface area contributed by atoms with Gasteiger partial charge < -0.3 is 15.5 Å². The zero-order valence-corrected chi connectivity index (χ0v) is 17.1. The molecule has 2 N–H and O–H groups in total. The number of halogens is 2. The third-order valence-corrected chi connectivity index (χ3v) is 5.69. The van der Waals surface area contributed by atoms with Crippen molar-refractivity contribution in [3.05, 3.63) is 34.9 Å². The van der Waals surface area contributed by atoms with Gasteiger partial charge >= 0.3 is 0 Å². The normalized spacial score (nSPS) is 24.9. The summed E-state index contributed by atoms with van der Waals surface area (Å²) >= 11 is 0. The van der Waals surface area contributed by atoms with Crippen LogP contribution >= 0.6 is 24.8 Å². The van der Waals surface area contributed by atoms with Gasteiger partial charge in [0.2, 0.25) is 0 Å². The monoisotopic (exact) mass is 387 g/mol. The number of hydrogen-bond acceptors (Lipinski definition) is 3. The first kappa shape index (κ1) is 22.2. The van der Waals surface area contributed by atoms with Gasteiger partial charge in [0.25, 0.3) is 5.91 Å². The molecule has 0 spiro atoms. The van der Waals surface area contributed by atoms with E-state index in [1.165, 1.54) is 30.4 Å². The summed E-state index contributed by atoms with van der Waals surface area (Å²) in [4.78, 5) is 14.9. The summed E-state index contributed by atoms with van der Waals surface area (Å²) in [6.45, 7) is 4.85.